The van der Waals surface area contributed by atoms with E-state index in [1.165, 1.54) is 17.3 Å². The molecule has 1 amide bonds. The zero-order valence-electron chi connectivity index (χ0n) is 16.2. The summed E-state index contributed by atoms with van der Waals surface area (Å²) >= 11 is 1.40. The molecule has 2 rings (SSSR count). The molecule has 0 fully saturated rings. The third kappa shape index (κ3) is 5.85. The number of aryl methyl sites for hydroxylation is 3. The summed E-state index contributed by atoms with van der Waals surface area (Å²) < 4.78 is 7.47. The molecule has 6 nitrogen and oxygen atoms in total. The summed E-state index contributed by atoms with van der Waals surface area (Å²) in [4.78, 5) is 12.1. The van der Waals surface area contributed by atoms with E-state index < -0.39 is 0 Å². The van der Waals surface area contributed by atoms with Gasteiger partial charge in [-0.1, -0.05) is 23.9 Å². The summed E-state index contributed by atoms with van der Waals surface area (Å²) in [5.74, 6) is 1.12. The first-order valence-corrected chi connectivity index (χ1v) is 9.87. The van der Waals surface area contributed by atoms with Crippen LogP contribution in [0.5, 0.6) is 0 Å². The van der Waals surface area contributed by atoms with Crippen LogP contribution in [-0.2, 0) is 9.53 Å². The number of carbonyl (C=O) groups excluding carboxylic acids is 1. The maximum absolute atomic E-state index is 12.1. The number of aromatic nitrogens is 3. The van der Waals surface area contributed by atoms with Crippen molar-refractivity contribution in [1.82, 2.24) is 20.1 Å². The van der Waals surface area contributed by atoms with Gasteiger partial charge in [0.15, 0.2) is 5.16 Å². The van der Waals surface area contributed by atoms with Gasteiger partial charge in [-0.2, -0.15) is 0 Å². The molecule has 0 aliphatic carbocycles. The molecule has 0 radical (unpaired) electrons. The van der Waals surface area contributed by atoms with E-state index in [1.807, 2.05) is 25.3 Å². The number of ether oxygens (including phenoxy) is 1. The van der Waals surface area contributed by atoms with E-state index >= 15 is 0 Å². The molecule has 0 aliphatic heterocycles. The van der Waals surface area contributed by atoms with Crippen LogP contribution in [0.4, 0.5) is 0 Å². The summed E-state index contributed by atoms with van der Waals surface area (Å²) in [6.45, 7) is 11.3. The summed E-state index contributed by atoms with van der Waals surface area (Å²) in [6, 6.07) is 6.29. The van der Waals surface area contributed by atoms with Gasteiger partial charge in [0.1, 0.15) is 5.82 Å². The average molecular weight is 377 g/mol. The van der Waals surface area contributed by atoms with E-state index in [4.69, 9.17) is 4.74 Å². The highest BCUT2D eigenvalue weighted by molar-refractivity contribution is 7.99. The van der Waals surface area contributed by atoms with Crippen LogP contribution in [0, 0.1) is 20.8 Å². The normalized spacial score (nSPS) is 11.2. The van der Waals surface area contributed by atoms with Crippen molar-refractivity contribution < 1.29 is 9.53 Å². The van der Waals surface area contributed by atoms with E-state index in [0.717, 1.165) is 28.7 Å². The van der Waals surface area contributed by atoms with E-state index in [9.17, 15) is 4.79 Å². The number of hydrogen-bond donors (Lipinski definition) is 1. The fourth-order valence-corrected chi connectivity index (χ4v) is 3.29. The summed E-state index contributed by atoms with van der Waals surface area (Å²) in [7, 11) is 0. The molecule has 0 bridgehead atoms. The number of hydrogen-bond acceptors (Lipinski definition) is 5. The fraction of sp³-hybridized carbons (Fsp3) is 0.526. The minimum absolute atomic E-state index is 0.00675. The standard InChI is InChI=1S/C19H28N4O2S/c1-13(2)25-10-6-9-20-18(24)12-26-19-22-21-16(5)23(19)17-11-14(3)7-8-15(17)4/h7-8,11,13H,6,9-10,12H2,1-5H3,(H,20,24). The van der Waals surface area contributed by atoms with Crippen molar-refractivity contribution in [2.24, 2.45) is 0 Å². The lowest BCUT2D eigenvalue weighted by Gasteiger charge is -2.12. The van der Waals surface area contributed by atoms with Gasteiger partial charge in [0.2, 0.25) is 5.91 Å². The Bertz CT molecular complexity index is 743. The maximum Gasteiger partial charge on any atom is 0.230 e. The molecule has 7 heteroatoms. The monoisotopic (exact) mass is 376 g/mol. The molecule has 0 saturated heterocycles. The third-order valence-electron chi connectivity index (χ3n) is 3.83. The highest BCUT2D eigenvalue weighted by Gasteiger charge is 2.15. The van der Waals surface area contributed by atoms with E-state index in [0.29, 0.717) is 18.9 Å². The van der Waals surface area contributed by atoms with Gasteiger partial charge in [0.05, 0.1) is 17.5 Å². The second kappa shape index (κ2) is 9.73. The Hall–Kier alpha value is -1.86. The number of nitrogens with zero attached hydrogens (tertiary/aromatic N) is 3. The van der Waals surface area contributed by atoms with Crippen molar-refractivity contribution in [3.63, 3.8) is 0 Å². The van der Waals surface area contributed by atoms with Gasteiger partial charge in [0, 0.05) is 13.2 Å². The second-order valence-corrected chi connectivity index (χ2v) is 7.51. The quantitative estimate of drug-likeness (QED) is 0.538. The van der Waals surface area contributed by atoms with Crippen LogP contribution in [0.15, 0.2) is 23.4 Å². The van der Waals surface area contributed by atoms with Crippen LogP contribution < -0.4 is 5.32 Å². The third-order valence-corrected chi connectivity index (χ3v) is 4.76. The molecule has 1 aromatic carbocycles. The Kier molecular flexibility index (Phi) is 7.66. The molecule has 1 aromatic heterocycles. The molecule has 0 spiro atoms. The summed E-state index contributed by atoms with van der Waals surface area (Å²) in [5.41, 5.74) is 3.38. The first-order chi connectivity index (χ1) is 12.4. The Morgan fingerprint density at radius 1 is 1.27 bits per heavy atom. The smallest absolute Gasteiger partial charge is 0.230 e. The van der Waals surface area contributed by atoms with Crippen LogP contribution in [0.3, 0.4) is 0 Å². The predicted molar refractivity (Wildman–Crippen MR) is 105 cm³/mol. The molecule has 1 heterocycles. The minimum atomic E-state index is -0.00675. The van der Waals surface area contributed by atoms with Crippen molar-refractivity contribution in [1.29, 1.82) is 0 Å². The number of thioether (sulfide) groups is 1. The van der Waals surface area contributed by atoms with Gasteiger partial charge in [-0.25, -0.2) is 0 Å². The van der Waals surface area contributed by atoms with Gasteiger partial charge in [0.25, 0.3) is 0 Å². The number of amides is 1. The fourth-order valence-electron chi connectivity index (χ4n) is 2.47. The summed E-state index contributed by atoms with van der Waals surface area (Å²) in [6.07, 6.45) is 1.03. The molecule has 0 saturated carbocycles. The molecule has 142 valence electrons. The highest BCUT2D eigenvalue weighted by atomic mass is 32.2. The van der Waals surface area contributed by atoms with Crippen molar-refractivity contribution >= 4 is 17.7 Å². The molecular formula is C19H28N4O2S. The zero-order chi connectivity index (χ0) is 19.1. The number of rotatable bonds is 9. The van der Waals surface area contributed by atoms with Crippen molar-refractivity contribution in [2.75, 3.05) is 18.9 Å². The molecule has 1 N–H and O–H groups in total. The highest BCUT2D eigenvalue weighted by Crippen LogP contribution is 2.24. The topological polar surface area (TPSA) is 69.0 Å². The lowest BCUT2D eigenvalue weighted by Crippen LogP contribution is -2.27. The van der Waals surface area contributed by atoms with Crippen molar-refractivity contribution in [2.45, 2.75) is 52.3 Å². The van der Waals surface area contributed by atoms with Crippen LogP contribution in [0.2, 0.25) is 0 Å². The van der Waals surface area contributed by atoms with Crippen LogP contribution >= 0.6 is 11.8 Å². The number of benzene rings is 1. The largest absolute Gasteiger partial charge is 0.379 e. The lowest BCUT2D eigenvalue weighted by molar-refractivity contribution is -0.118. The molecular weight excluding hydrogens is 348 g/mol. The Morgan fingerprint density at radius 2 is 2.04 bits per heavy atom. The van der Waals surface area contributed by atoms with E-state index in [1.54, 1.807) is 0 Å². The molecule has 2 aromatic rings. The molecule has 26 heavy (non-hydrogen) atoms. The van der Waals surface area contributed by atoms with E-state index in [2.05, 4.69) is 47.6 Å². The average Bonchev–Trinajstić information content (AvgIpc) is 2.95. The number of nitrogens with one attached hydrogen (secondary N) is 1. The lowest BCUT2D eigenvalue weighted by atomic mass is 10.1. The Labute approximate surface area is 159 Å². The SMILES string of the molecule is Cc1ccc(C)c(-n2c(C)nnc2SCC(=O)NCCCOC(C)C)c1. The van der Waals surface area contributed by atoms with Gasteiger partial charge in [-0.05, 0) is 58.2 Å². The van der Waals surface area contributed by atoms with Crippen molar-refractivity contribution in [3.8, 4) is 5.69 Å². The Morgan fingerprint density at radius 3 is 2.77 bits per heavy atom. The predicted octanol–water partition coefficient (Wildman–Crippen LogP) is 3.22. The number of carbonyl (C=O) groups is 1. The maximum atomic E-state index is 12.1. The second-order valence-electron chi connectivity index (χ2n) is 6.57. The molecule has 0 aliphatic rings. The van der Waals surface area contributed by atoms with Gasteiger partial charge in [-0.3, -0.25) is 9.36 Å². The van der Waals surface area contributed by atoms with Gasteiger partial charge < -0.3 is 10.1 Å². The minimum Gasteiger partial charge on any atom is -0.379 e. The Balaban J connectivity index is 1.93. The summed E-state index contributed by atoms with van der Waals surface area (Å²) in [5, 5.41) is 12.1. The van der Waals surface area contributed by atoms with Crippen molar-refractivity contribution in [3.05, 3.63) is 35.2 Å². The molecule has 0 unspecified atom stereocenters. The molecule has 0 atom stereocenters. The van der Waals surface area contributed by atoms with Gasteiger partial charge >= 0.3 is 0 Å². The zero-order valence-corrected chi connectivity index (χ0v) is 17.0. The first-order valence-electron chi connectivity index (χ1n) is 8.89. The first kappa shape index (κ1) is 20.5. The van der Waals surface area contributed by atoms with Crippen LogP contribution in [0.1, 0.15) is 37.2 Å². The van der Waals surface area contributed by atoms with E-state index in [-0.39, 0.29) is 12.0 Å². The van der Waals surface area contributed by atoms with Crippen LogP contribution in [0.25, 0.3) is 5.69 Å². The van der Waals surface area contributed by atoms with Gasteiger partial charge in [-0.15, -0.1) is 10.2 Å². The van der Waals surface area contributed by atoms with Crippen LogP contribution in [-0.4, -0.2) is 45.7 Å².